The topological polar surface area (TPSA) is 29.5 Å². The van der Waals surface area contributed by atoms with Crippen molar-refractivity contribution in [3.05, 3.63) is 70.7 Å². The van der Waals surface area contributed by atoms with Crippen molar-refractivity contribution in [2.75, 3.05) is 0 Å². The highest BCUT2D eigenvalue weighted by molar-refractivity contribution is 6.30. The van der Waals surface area contributed by atoms with Crippen LogP contribution < -0.4 is 0 Å². The molecule has 1 fully saturated rings. The fourth-order valence-electron chi connectivity index (χ4n) is 2.93. The first-order valence-electron chi connectivity index (χ1n) is 7.37. The first-order valence-corrected chi connectivity index (χ1v) is 7.75. The van der Waals surface area contributed by atoms with Crippen LogP contribution in [0.4, 0.5) is 0 Å². The molecule has 0 bridgehead atoms. The van der Waals surface area contributed by atoms with E-state index in [0.29, 0.717) is 11.6 Å². The zero-order valence-electron chi connectivity index (χ0n) is 12.4. The van der Waals surface area contributed by atoms with Crippen molar-refractivity contribution in [3.8, 4) is 0 Å². The molecule has 1 heterocycles. The predicted octanol–water partition coefficient (Wildman–Crippen LogP) is 4.03. The van der Waals surface area contributed by atoms with Crippen molar-refractivity contribution in [3.63, 3.8) is 0 Å². The van der Waals surface area contributed by atoms with Crippen LogP contribution >= 0.6 is 11.6 Å². The van der Waals surface area contributed by atoms with Gasteiger partial charge in [0.15, 0.2) is 0 Å². The molecule has 114 valence electrons. The standard InChI is InChI=1S/C18H18ClNO2/c1-13-17(12-21)18(15-7-9-16(19)10-8-15)20(22-13)11-14-5-3-2-4-6-14/h2-10,12-13,17-18H,11H2,1H3/t13-,17-,18+/m1/s1. The van der Waals surface area contributed by atoms with Crippen LogP contribution in [0.2, 0.25) is 5.02 Å². The van der Waals surface area contributed by atoms with Gasteiger partial charge in [-0.1, -0.05) is 54.1 Å². The van der Waals surface area contributed by atoms with Crippen LogP contribution in [-0.2, 0) is 16.2 Å². The fourth-order valence-corrected chi connectivity index (χ4v) is 3.06. The molecule has 0 unspecified atom stereocenters. The molecule has 3 atom stereocenters. The first kappa shape index (κ1) is 15.2. The molecule has 1 saturated heterocycles. The highest BCUT2D eigenvalue weighted by atomic mass is 35.5. The van der Waals surface area contributed by atoms with Gasteiger partial charge in [-0.15, -0.1) is 0 Å². The summed E-state index contributed by atoms with van der Waals surface area (Å²) in [5.74, 6) is -0.190. The van der Waals surface area contributed by atoms with E-state index in [4.69, 9.17) is 16.4 Å². The van der Waals surface area contributed by atoms with E-state index >= 15 is 0 Å². The van der Waals surface area contributed by atoms with Gasteiger partial charge in [-0.05, 0) is 30.2 Å². The van der Waals surface area contributed by atoms with Crippen LogP contribution in [0, 0.1) is 5.92 Å². The summed E-state index contributed by atoms with van der Waals surface area (Å²) < 4.78 is 0. The maximum absolute atomic E-state index is 11.5. The average Bonchev–Trinajstić information content (AvgIpc) is 2.84. The zero-order valence-corrected chi connectivity index (χ0v) is 13.1. The van der Waals surface area contributed by atoms with E-state index in [2.05, 4.69) is 12.1 Å². The highest BCUT2D eigenvalue weighted by Gasteiger charge is 2.41. The molecule has 0 radical (unpaired) electrons. The van der Waals surface area contributed by atoms with Gasteiger partial charge in [0.25, 0.3) is 0 Å². The maximum Gasteiger partial charge on any atom is 0.127 e. The van der Waals surface area contributed by atoms with Crippen molar-refractivity contribution >= 4 is 17.9 Å². The minimum Gasteiger partial charge on any atom is -0.303 e. The Balaban J connectivity index is 1.90. The summed E-state index contributed by atoms with van der Waals surface area (Å²) in [5, 5.41) is 2.59. The molecule has 0 amide bonds. The summed E-state index contributed by atoms with van der Waals surface area (Å²) in [6.07, 6.45) is 0.858. The Hall–Kier alpha value is -1.68. The van der Waals surface area contributed by atoms with E-state index in [-0.39, 0.29) is 18.1 Å². The summed E-state index contributed by atoms with van der Waals surface area (Å²) >= 11 is 5.97. The van der Waals surface area contributed by atoms with E-state index in [9.17, 15) is 4.79 Å². The van der Waals surface area contributed by atoms with E-state index in [1.807, 2.05) is 54.5 Å². The third-order valence-corrected chi connectivity index (χ3v) is 4.32. The summed E-state index contributed by atoms with van der Waals surface area (Å²) in [6, 6.07) is 17.6. The van der Waals surface area contributed by atoms with Gasteiger partial charge in [-0.25, -0.2) is 0 Å². The van der Waals surface area contributed by atoms with Gasteiger partial charge in [0.1, 0.15) is 6.29 Å². The Kier molecular flexibility index (Phi) is 4.57. The van der Waals surface area contributed by atoms with Crippen LogP contribution in [0.25, 0.3) is 0 Å². The predicted molar refractivity (Wildman–Crippen MR) is 86.3 cm³/mol. The Morgan fingerprint density at radius 2 is 1.82 bits per heavy atom. The Morgan fingerprint density at radius 3 is 2.45 bits per heavy atom. The van der Waals surface area contributed by atoms with Gasteiger partial charge >= 0.3 is 0 Å². The van der Waals surface area contributed by atoms with Crippen LogP contribution in [0.3, 0.4) is 0 Å². The number of rotatable bonds is 4. The van der Waals surface area contributed by atoms with Crippen molar-refractivity contribution in [1.82, 2.24) is 5.06 Å². The monoisotopic (exact) mass is 315 g/mol. The molecule has 22 heavy (non-hydrogen) atoms. The Labute approximate surface area is 135 Å². The Bertz CT molecular complexity index is 629. The molecule has 0 aromatic heterocycles. The molecule has 2 aromatic carbocycles. The van der Waals surface area contributed by atoms with Crippen LogP contribution in [0.15, 0.2) is 54.6 Å². The van der Waals surface area contributed by atoms with Gasteiger partial charge in [0.2, 0.25) is 0 Å². The lowest BCUT2D eigenvalue weighted by Crippen LogP contribution is -2.25. The third-order valence-electron chi connectivity index (χ3n) is 4.07. The molecule has 0 aliphatic carbocycles. The van der Waals surface area contributed by atoms with E-state index in [1.54, 1.807) is 0 Å². The van der Waals surface area contributed by atoms with Gasteiger partial charge in [0, 0.05) is 11.6 Å². The van der Waals surface area contributed by atoms with E-state index in [0.717, 1.165) is 17.4 Å². The van der Waals surface area contributed by atoms with Crippen LogP contribution in [-0.4, -0.2) is 17.5 Å². The number of hydrogen-bond acceptors (Lipinski definition) is 3. The quantitative estimate of drug-likeness (QED) is 0.798. The largest absolute Gasteiger partial charge is 0.303 e. The molecule has 3 nitrogen and oxygen atoms in total. The number of carbonyl (C=O) groups is 1. The SMILES string of the molecule is C[C@H]1ON(Cc2ccccc2)[C@@H](c2ccc(Cl)cc2)[C@@H]1C=O. The molecule has 2 aromatic rings. The van der Waals surface area contributed by atoms with Crippen molar-refractivity contribution in [1.29, 1.82) is 0 Å². The van der Waals surface area contributed by atoms with Crippen molar-refractivity contribution in [2.24, 2.45) is 5.92 Å². The van der Waals surface area contributed by atoms with Crippen LogP contribution in [0.1, 0.15) is 24.1 Å². The molecule has 0 saturated carbocycles. The average molecular weight is 316 g/mol. The molecule has 0 N–H and O–H groups in total. The highest BCUT2D eigenvalue weighted by Crippen LogP contribution is 2.39. The molecule has 1 aliphatic rings. The van der Waals surface area contributed by atoms with Gasteiger partial charge in [-0.3, -0.25) is 4.84 Å². The second kappa shape index (κ2) is 6.61. The summed E-state index contributed by atoms with van der Waals surface area (Å²) in [6.45, 7) is 2.58. The van der Waals surface area contributed by atoms with Gasteiger partial charge in [0.05, 0.1) is 18.1 Å². The van der Waals surface area contributed by atoms with Crippen molar-refractivity contribution in [2.45, 2.75) is 25.6 Å². The fraction of sp³-hybridized carbons (Fsp3) is 0.278. The maximum atomic E-state index is 11.5. The van der Waals surface area contributed by atoms with Crippen LogP contribution in [0.5, 0.6) is 0 Å². The molecular weight excluding hydrogens is 298 g/mol. The molecule has 1 aliphatic heterocycles. The summed E-state index contributed by atoms with van der Waals surface area (Å²) in [4.78, 5) is 17.5. The number of halogens is 1. The first-order chi connectivity index (χ1) is 10.7. The van der Waals surface area contributed by atoms with Crippen molar-refractivity contribution < 1.29 is 9.63 Å². The number of hydroxylamine groups is 2. The molecular formula is C18H18ClNO2. The van der Waals surface area contributed by atoms with Gasteiger partial charge in [-0.2, -0.15) is 5.06 Å². The number of benzene rings is 2. The lowest BCUT2D eigenvalue weighted by molar-refractivity contribution is -0.166. The normalized spacial score (nSPS) is 25.3. The summed E-state index contributed by atoms with van der Waals surface area (Å²) in [7, 11) is 0. The summed E-state index contributed by atoms with van der Waals surface area (Å²) in [5.41, 5.74) is 2.20. The number of hydrogen-bond donors (Lipinski definition) is 0. The number of nitrogens with zero attached hydrogens (tertiary/aromatic N) is 1. The second-order valence-corrected chi connectivity index (χ2v) is 6.02. The number of carbonyl (C=O) groups excluding carboxylic acids is 1. The van der Waals surface area contributed by atoms with E-state index in [1.165, 1.54) is 0 Å². The molecule has 4 heteroatoms. The second-order valence-electron chi connectivity index (χ2n) is 5.58. The molecule has 0 spiro atoms. The smallest absolute Gasteiger partial charge is 0.127 e. The van der Waals surface area contributed by atoms with E-state index < -0.39 is 0 Å². The third kappa shape index (κ3) is 3.07. The zero-order chi connectivity index (χ0) is 15.5. The lowest BCUT2D eigenvalue weighted by Gasteiger charge is -2.24. The minimum atomic E-state index is -0.190. The molecule has 3 rings (SSSR count). The van der Waals surface area contributed by atoms with Gasteiger partial charge < -0.3 is 4.79 Å². The minimum absolute atomic E-state index is 0.0926. The lowest BCUT2D eigenvalue weighted by atomic mass is 9.91. The number of aldehydes is 1. The Morgan fingerprint density at radius 1 is 1.14 bits per heavy atom.